The van der Waals surface area contributed by atoms with Gasteiger partial charge in [-0.2, -0.15) is 5.21 Å². The number of aromatic nitrogens is 5. The lowest BCUT2D eigenvalue weighted by atomic mass is 9.92. The van der Waals surface area contributed by atoms with Crippen molar-refractivity contribution in [2.75, 3.05) is 5.32 Å². The third-order valence-corrected chi connectivity index (χ3v) is 7.27. The van der Waals surface area contributed by atoms with E-state index in [4.69, 9.17) is 0 Å². The van der Waals surface area contributed by atoms with Gasteiger partial charge in [0, 0.05) is 42.1 Å². The molecule has 12 heteroatoms. The van der Waals surface area contributed by atoms with Gasteiger partial charge in [-0.25, -0.2) is 0 Å². The Kier molecular flexibility index (Phi) is 5.65. The smallest absolute Gasteiger partial charge is 0.395 e. The van der Waals surface area contributed by atoms with Crippen LogP contribution in [0.3, 0.4) is 0 Å². The average Bonchev–Trinajstić information content (AvgIpc) is 3.18. The van der Waals surface area contributed by atoms with Crippen LogP contribution in [0, 0.1) is 0 Å². The van der Waals surface area contributed by atoms with Crippen LogP contribution < -0.4 is 14.8 Å². The molecular weight excluding hydrogens is 510 g/mol. The van der Waals surface area contributed by atoms with Gasteiger partial charge in [0.25, 0.3) is 0 Å². The van der Waals surface area contributed by atoms with Gasteiger partial charge in [0.15, 0.2) is 17.3 Å². The molecule has 1 amide bonds. The molecule has 39 heavy (non-hydrogen) atoms. The number of ether oxygens (including phenoxy) is 2. The number of aliphatic hydroxyl groups is 1. The fourth-order valence-corrected chi connectivity index (χ4v) is 5.19. The van der Waals surface area contributed by atoms with E-state index in [1.54, 1.807) is 6.07 Å². The number of amides is 1. The van der Waals surface area contributed by atoms with Gasteiger partial charge in [-0.15, -0.1) is 19.0 Å². The Balaban J connectivity index is 0.00000323. The zero-order valence-electron chi connectivity index (χ0n) is 21.7. The normalized spacial score (nSPS) is 17.8. The summed E-state index contributed by atoms with van der Waals surface area (Å²) in [6, 6.07) is 12.2. The second kappa shape index (κ2) is 8.73. The minimum atomic E-state index is -3.71. The van der Waals surface area contributed by atoms with Crippen molar-refractivity contribution in [2.45, 2.75) is 69.8 Å². The summed E-state index contributed by atoms with van der Waals surface area (Å²) in [5.74, 6) is 0.104. The number of anilines is 1. The largest absolute Gasteiger partial charge is 0.586 e. The number of tetrazole rings is 1. The number of benzene rings is 2. The van der Waals surface area contributed by atoms with Gasteiger partial charge in [0.05, 0.1) is 11.5 Å². The fourth-order valence-electron chi connectivity index (χ4n) is 5.19. The van der Waals surface area contributed by atoms with E-state index < -0.39 is 17.8 Å². The number of fused-ring (bicyclic) bond motifs is 2. The van der Waals surface area contributed by atoms with Crippen LogP contribution in [-0.4, -0.2) is 48.6 Å². The first-order valence-corrected chi connectivity index (χ1v) is 12.7. The number of nitrogens with zero attached hydrogens (tertiary/aromatic N) is 4. The van der Waals surface area contributed by atoms with Gasteiger partial charge in [-0.05, 0) is 54.8 Å². The maximum atomic E-state index is 13.5. The molecule has 1 atom stereocenters. The van der Waals surface area contributed by atoms with E-state index in [1.807, 2.05) is 18.2 Å². The Morgan fingerprint density at radius 2 is 1.95 bits per heavy atom. The van der Waals surface area contributed by atoms with Crippen LogP contribution in [0.1, 0.15) is 52.1 Å². The lowest BCUT2D eigenvalue weighted by Gasteiger charge is -2.23. The summed E-state index contributed by atoms with van der Waals surface area (Å²) < 4.78 is 38.1. The number of carbonyl (C=O) groups is 1. The van der Waals surface area contributed by atoms with Gasteiger partial charge in [0.1, 0.15) is 0 Å². The number of nitrogens with one attached hydrogen (secondary N) is 2. The average molecular weight is 541 g/mol. The van der Waals surface area contributed by atoms with Gasteiger partial charge in [0.2, 0.25) is 5.91 Å². The van der Waals surface area contributed by atoms with E-state index in [0.717, 1.165) is 16.6 Å². The highest BCUT2D eigenvalue weighted by molar-refractivity contribution is 6.02. The SMILES string of the molecule is CC(C)(C)c1cc2cc(NC(=O)C3(c4ccc5c(c4)OC(F)(F)O5)CC3)ccc2n1CC(O)Cc1nn[nH]n1.[HH]. The molecule has 0 radical (unpaired) electrons. The van der Waals surface area contributed by atoms with Crippen LogP contribution >= 0.6 is 0 Å². The topological polar surface area (TPSA) is 127 Å². The molecule has 3 N–H and O–H groups in total. The summed E-state index contributed by atoms with van der Waals surface area (Å²) in [7, 11) is 0. The summed E-state index contributed by atoms with van der Waals surface area (Å²) in [5.41, 5.74) is 2.16. The third-order valence-electron chi connectivity index (χ3n) is 7.27. The molecule has 2 aliphatic rings. The van der Waals surface area contributed by atoms with Gasteiger partial charge in [-0.1, -0.05) is 32.1 Å². The van der Waals surface area contributed by atoms with E-state index in [0.29, 0.717) is 36.5 Å². The monoisotopic (exact) mass is 540 g/mol. The first-order valence-electron chi connectivity index (χ1n) is 12.7. The van der Waals surface area contributed by atoms with Crippen LogP contribution in [0.4, 0.5) is 14.5 Å². The number of rotatable bonds is 7. The van der Waals surface area contributed by atoms with Gasteiger partial charge < -0.3 is 24.5 Å². The number of hydrogen-bond donors (Lipinski definition) is 3. The molecule has 10 nitrogen and oxygen atoms in total. The lowest BCUT2D eigenvalue weighted by Crippen LogP contribution is -2.28. The second-order valence-corrected chi connectivity index (χ2v) is 11.2. The van der Waals surface area contributed by atoms with Gasteiger partial charge >= 0.3 is 6.29 Å². The molecule has 1 fully saturated rings. The molecule has 1 unspecified atom stereocenters. The van der Waals surface area contributed by atoms with E-state index in [9.17, 15) is 18.7 Å². The van der Waals surface area contributed by atoms with Crippen LogP contribution in [0.5, 0.6) is 11.5 Å². The summed E-state index contributed by atoms with van der Waals surface area (Å²) in [6.07, 6.45) is -2.98. The number of hydrogen-bond acceptors (Lipinski definition) is 7. The predicted octanol–water partition coefficient (Wildman–Crippen LogP) is 4.29. The number of alkyl halides is 2. The summed E-state index contributed by atoms with van der Waals surface area (Å²) in [6.45, 7) is 6.64. The summed E-state index contributed by atoms with van der Waals surface area (Å²) in [5, 5.41) is 28.5. The third kappa shape index (κ3) is 4.69. The van der Waals surface area contributed by atoms with Crippen molar-refractivity contribution in [2.24, 2.45) is 0 Å². The van der Waals surface area contributed by atoms with Crippen LogP contribution in [0.2, 0.25) is 0 Å². The molecule has 0 saturated heterocycles. The predicted molar refractivity (Wildman–Crippen MR) is 139 cm³/mol. The van der Waals surface area contributed by atoms with Crippen molar-refractivity contribution in [1.29, 1.82) is 0 Å². The molecule has 1 saturated carbocycles. The molecule has 0 bridgehead atoms. The molecule has 1 aliphatic heterocycles. The van der Waals surface area contributed by atoms with Crippen molar-refractivity contribution in [3.63, 3.8) is 0 Å². The van der Waals surface area contributed by atoms with Crippen molar-refractivity contribution in [1.82, 2.24) is 25.2 Å². The zero-order chi connectivity index (χ0) is 27.6. The molecule has 6 rings (SSSR count). The maximum absolute atomic E-state index is 13.5. The van der Waals surface area contributed by atoms with Crippen LogP contribution in [0.25, 0.3) is 10.9 Å². The lowest BCUT2D eigenvalue weighted by molar-refractivity contribution is -0.286. The molecule has 4 aromatic rings. The van der Waals surface area contributed by atoms with Crippen molar-refractivity contribution in [3.8, 4) is 11.5 Å². The summed E-state index contributed by atoms with van der Waals surface area (Å²) >= 11 is 0. The first kappa shape index (κ1) is 25.2. The second-order valence-electron chi connectivity index (χ2n) is 11.2. The molecule has 206 valence electrons. The van der Waals surface area contributed by atoms with E-state index >= 15 is 0 Å². The standard InChI is InChI=1S/C27H28F2N6O4.H2/c1-25(2,3)22-11-15-10-17(5-6-19(15)35(22)14-18(36)13-23-31-33-34-32-23)30-24(37)26(8-9-26)16-4-7-20-21(12-16)39-27(28,29)38-20;/h4-7,10-12,18,36H,8-9,13-14H2,1-3H3,(H,30,37)(H,31,32,33,34);1H. The zero-order valence-corrected chi connectivity index (χ0v) is 21.7. The molecule has 2 aromatic carbocycles. The fraction of sp³-hybridized carbons (Fsp3) is 0.407. The highest BCUT2D eigenvalue weighted by Gasteiger charge is 2.52. The Morgan fingerprint density at radius 3 is 2.64 bits per heavy atom. The molecule has 3 heterocycles. The van der Waals surface area contributed by atoms with Crippen molar-refractivity contribution < 1.29 is 29.6 Å². The van der Waals surface area contributed by atoms with Crippen molar-refractivity contribution >= 4 is 22.5 Å². The first-order chi connectivity index (χ1) is 18.4. The summed E-state index contributed by atoms with van der Waals surface area (Å²) in [4.78, 5) is 13.4. The van der Waals surface area contributed by atoms with E-state index in [1.165, 1.54) is 12.1 Å². The minimum absolute atomic E-state index is 0. The highest BCUT2D eigenvalue weighted by atomic mass is 19.3. The van der Waals surface area contributed by atoms with E-state index in [2.05, 4.69) is 66.8 Å². The Hall–Kier alpha value is -4.06. The molecule has 2 aromatic heterocycles. The number of aromatic amines is 1. The van der Waals surface area contributed by atoms with E-state index in [-0.39, 0.29) is 30.7 Å². The van der Waals surface area contributed by atoms with Gasteiger partial charge in [-0.3, -0.25) is 4.79 Å². The highest BCUT2D eigenvalue weighted by Crippen LogP contribution is 2.52. The Labute approximate surface area is 223 Å². The molecule has 1 aliphatic carbocycles. The van der Waals surface area contributed by atoms with Crippen LogP contribution in [-0.2, 0) is 28.6 Å². The quantitative estimate of drug-likeness (QED) is 0.319. The minimum Gasteiger partial charge on any atom is -0.395 e. The molecular formula is C27H30F2N6O4. The Morgan fingerprint density at radius 1 is 1.18 bits per heavy atom. The number of H-pyrrole nitrogens is 1. The maximum Gasteiger partial charge on any atom is 0.586 e. The number of halogens is 2. The van der Waals surface area contributed by atoms with Crippen molar-refractivity contribution in [3.05, 3.63) is 59.5 Å². The molecule has 0 spiro atoms. The van der Waals surface area contributed by atoms with Crippen LogP contribution in [0.15, 0.2) is 42.5 Å². The number of aliphatic hydroxyl groups excluding tert-OH is 1. The number of carbonyl (C=O) groups excluding carboxylic acids is 1. The Bertz CT molecular complexity index is 1560.